The molecule has 1 aromatic rings. The number of amides is 2. The van der Waals surface area contributed by atoms with Gasteiger partial charge in [-0.2, -0.15) is 0 Å². The van der Waals surface area contributed by atoms with E-state index < -0.39 is 0 Å². The maximum Gasteiger partial charge on any atom is 0.233 e. The summed E-state index contributed by atoms with van der Waals surface area (Å²) in [6.45, 7) is 4.78. The summed E-state index contributed by atoms with van der Waals surface area (Å²) in [6, 6.07) is 3.86. The summed E-state index contributed by atoms with van der Waals surface area (Å²) < 4.78 is 5.75. The Bertz CT molecular complexity index is 911. The number of allylic oxidation sites excluding steroid dienone is 2. The van der Waals surface area contributed by atoms with Crippen molar-refractivity contribution >= 4 is 17.8 Å². The first kappa shape index (κ1) is 21.0. The molecule has 32 heavy (non-hydrogen) atoms. The Morgan fingerprint density at radius 1 is 1.19 bits per heavy atom. The molecule has 2 N–H and O–H groups in total. The second-order valence-electron chi connectivity index (χ2n) is 9.21. The van der Waals surface area contributed by atoms with Crippen LogP contribution in [0.25, 0.3) is 0 Å². The molecule has 8 nitrogen and oxygen atoms in total. The van der Waals surface area contributed by atoms with Gasteiger partial charge < -0.3 is 15.4 Å². The summed E-state index contributed by atoms with van der Waals surface area (Å²) in [6.07, 6.45) is 9.44. The molecule has 3 aliphatic carbocycles. The van der Waals surface area contributed by atoms with Crippen molar-refractivity contribution in [1.29, 1.82) is 0 Å². The van der Waals surface area contributed by atoms with E-state index in [4.69, 9.17) is 4.74 Å². The summed E-state index contributed by atoms with van der Waals surface area (Å²) in [5.74, 6) is 2.20. The van der Waals surface area contributed by atoms with Crippen LogP contribution in [0.15, 0.2) is 35.5 Å². The number of nitrogens with one attached hydrogen (secondary N) is 2. The van der Waals surface area contributed by atoms with E-state index in [1.807, 2.05) is 19.1 Å². The third-order valence-electron chi connectivity index (χ3n) is 6.92. The number of carbonyl (C=O) groups is 2. The molecule has 1 saturated heterocycles. The van der Waals surface area contributed by atoms with Crippen LogP contribution in [-0.4, -0.2) is 53.9 Å². The maximum atomic E-state index is 12.8. The summed E-state index contributed by atoms with van der Waals surface area (Å²) in [5, 5.41) is 6.48. The lowest BCUT2D eigenvalue weighted by atomic mass is 9.85. The molecule has 4 unspecified atom stereocenters. The average Bonchev–Trinajstić information content (AvgIpc) is 3.31. The van der Waals surface area contributed by atoms with Crippen LogP contribution in [0.3, 0.4) is 0 Å². The first-order chi connectivity index (χ1) is 15.6. The van der Waals surface area contributed by atoms with Gasteiger partial charge in [-0.1, -0.05) is 12.2 Å². The lowest BCUT2D eigenvalue weighted by Gasteiger charge is -2.18. The molecule has 4 aliphatic rings. The third kappa shape index (κ3) is 4.23. The van der Waals surface area contributed by atoms with Crippen molar-refractivity contribution in [1.82, 2.24) is 20.5 Å². The predicted octanol–water partition coefficient (Wildman–Crippen LogP) is 1.73. The molecule has 170 valence electrons. The molecule has 8 heteroatoms. The number of nitrogens with zero attached hydrogens (tertiary/aromatic N) is 3. The molecule has 1 aliphatic heterocycles. The average molecular weight is 438 g/mol. The van der Waals surface area contributed by atoms with E-state index in [1.54, 1.807) is 6.20 Å². The number of likely N-dealkylation sites (tertiary alicyclic amines) is 1. The first-order valence-corrected chi connectivity index (χ1v) is 11.8. The predicted molar refractivity (Wildman–Crippen MR) is 120 cm³/mol. The number of guanidine groups is 1. The van der Waals surface area contributed by atoms with Crippen LogP contribution in [0.5, 0.6) is 5.88 Å². The van der Waals surface area contributed by atoms with Crippen LogP contribution in [0.4, 0.5) is 0 Å². The zero-order valence-corrected chi connectivity index (χ0v) is 18.5. The van der Waals surface area contributed by atoms with Crippen LogP contribution in [0, 0.1) is 29.6 Å². The van der Waals surface area contributed by atoms with E-state index in [0.717, 1.165) is 25.1 Å². The Morgan fingerprint density at radius 3 is 2.62 bits per heavy atom. The fourth-order valence-corrected chi connectivity index (χ4v) is 5.10. The summed E-state index contributed by atoms with van der Waals surface area (Å²) in [7, 11) is 0. The normalized spacial score (nSPS) is 28.4. The molecule has 0 radical (unpaired) electrons. The van der Waals surface area contributed by atoms with Crippen LogP contribution in [-0.2, 0) is 16.1 Å². The van der Waals surface area contributed by atoms with Crippen molar-refractivity contribution in [2.45, 2.75) is 32.7 Å². The van der Waals surface area contributed by atoms with Gasteiger partial charge >= 0.3 is 0 Å². The van der Waals surface area contributed by atoms with Gasteiger partial charge in [0.15, 0.2) is 5.96 Å². The van der Waals surface area contributed by atoms with Crippen molar-refractivity contribution in [2.24, 2.45) is 34.6 Å². The Labute approximate surface area is 188 Å². The highest BCUT2D eigenvalue weighted by Crippen LogP contribution is 2.52. The molecule has 4 atom stereocenters. The SMILES string of the molecule is CCNC(=NCc1ccnc(OCC2CC2)c1)NCCN1C(=O)C2C3C=CC(C3)C2C1=O. The van der Waals surface area contributed by atoms with Gasteiger partial charge in [-0.3, -0.25) is 14.5 Å². The van der Waals surface area contributed by atoms with Gasteiger partial charge in [-0.15, -0.1) is 0 Å². The van der Waals surface area contributed by atoms with E-state index in [-0.39, 0.29) is 35.5 Å². The summed E-state index contributed by atoms with van der Waals surface area (Å²) >= 11 is 0. The second kappa shape index (κ2) is 8.92. The summed E-state index contributed by atoms with van der Waals surface area (Å²) in [5.41, 5.74) is 1.02. The van der Waals surface area contributed by atoms with E-state index in [9.17, 15) is 9.59 Å². The zero-order chi connectivity index (χ0) is 22.1. The van der Waals surface area contributed by atoms with Crippen LogP contribution >= 0.6 is 0 Å². The van der Waals surface area contributed by atoms with Gasteiger partial charge in [0.25, 0.3) is 0 Å². The Kier molecular flexibility index (Phi) is 5.85. The number of fused-ring (bicyclic) bond motifs is 5. The highest BCUT2D eigenvalue weighted by molar-refractivity contribution is 6.06. The highest BCUT2D eigenvalue weighted by atomic mass is 16.5. The van der Waals surface area contributed by atoms with Crippen molar-refractivity contribution in [2.75, 3.05) is 26.2 Å². The lowest BCUT2D eigenvalue weighted by Crippen LogP contribution is -2.43. The van der Waals surface area contributed by atoms with Crippen molar-refractivity contribution in [3.8, 4) is 5.88 Å². The van der Waals surface area contributed by atoms with E-state index in [0.29, 0.717) is 37.4 Å². The molecule has 3 fully saturated rings. The van der Waals surface area contributed by atoms with Crippen molar-refractivity contribution in [3.63, 3.8) is 0 Å². The number of rotatable bonds is 9. The van der Waals surface area contributed by atoms with Gasteiger partial charge in [0, 0.05) is 31.9 Å². The minimum atomic E-state index is -0.137. The number of aromatic nitrogens is 1. The topological polar surface area (TPSA) is 95.9 Å². The molecule has 2 bridgehead atoms. The fraction of sp³-hybridized carbons (Fsp3) is 0.583. The highest BCUT2D eigenvalue weighted by Gasteiger charge is 2.58. The maximum absolute atomic E-state index is 12.8. The van der Waals surface area contributed by atoms with Crippen molar-refractivity contribution in [3.05, 3.63) is 36.0 Å². The number of hydrogen-bond donors (Lipinski definition) is 2. The van der Waals surface area contributed by atoms with Crippen LogP contribution in [0.1, 0.15) is 31.7 Å². The molecular weight excluding hydrogens is 406 g/mol. The number of ether oxygens (including phenoxy) is 1. The van der Waals surface area contributed by atoms with Gasteiger partial charge in [0.2, 0.25) is 17.7 Å². The van der Waals surface area contributed by atoms with Crippen LogP contribution in [0.2, 0.25) is 0 Å². The number of aliphatic imine (C=N–C) groups is 1. The van der Waals surface area contributed by atoms with Gasteiger partial charge in [-0.25, -0.2) is 9.98 Å². The zero-order valence-electron chi connectivity index (χ0n) is 18.5. The summed E-state index contributed by atoms with van der Waals surface area (Å²) in [4.78, 5) is 36.0. The standard InChI is InChI=1S/C24H31N5O3/c1-2-25-24(28-13-16-7-8-26-19(11-16)32-14-15-3-4-15)27-9-10-29-22(30)20-17-5-6-18(12-17)21(20)23(29)31/h5-8,11,15,17-18,20-21H,2-4,9-10,12-14H2,1H3,(H2,25,27,28). The number of hydrogen-bond acceptors (Lipinski definition) is 5. The van der Waals surface area contributed by atoms with E-state index in [2.05, 4.69) is 32.8 Å². The molecule has 0 spiro atoms. The minimum absolute atomic E-state index is 0.00361. The third-order valence-corrected chi connectivity index (χ3v) is 6.92. The van der Waals surface area contributed by atoms with Gasteiger partial charge in [0.05, 0.1) is 25.0 Å². The second-order valence-corrected chi connectivity index (χ2v) is 9.21. The number of carbonyl (C=O) groups excluding carboxylic acids is 2. The first-order valence-electron chi connectivity index (χ1n) is 11.8. The van der Waals surface area contributed by atoms with E-state index >= 15 is 0 Å². The monoisotopic (exact) mass is 437 g/mol. The Morgan fingerprint density at radius 2 is 1.94 bits per heavy atom. The van der Waals surface area contributed by atoms with Gasteiger partial charge in [0.1, 0.15) is 0 Å². The van der Waals surface area contributed by atoms with Crippen molar-refractivity contribution < 1.29 is 14.3 Å². The Balaban J connectivity index is 1.14. The molecule has 5 rings (SSSR count). The number of imide groups is 1. The molecule has 1 aromatic heterocycles. The number of pyridine rings is 1. The lowest BCUT2D eigenvalue weighted by molar-refractivity contribution is -0.140. The minimum Gasteiger partial charge on any atom is -0.477 e. The molecule has 2 heterocycles. The molecule has 0 aromatic carbocycles. The van der Waals surface area contributed by atoms with Gasteiger partial charge in [-0.05, 0) is 55.6 Å². The quantitative estimate of drug-likeness (QED) is 0.264. The van der Waals surface area contributed by atoms with Crippen LogP contribution < -0.4 is 15.4 Å². The smallest absolute Gasteiger partial charge is 0.233 e. The fourth-order valence-electron chi connectivity index (χ4n) is 5.10. The van der Waals surface area contributed by atoms with E-state index in [1.165, 1.54) is 17.7 Å². The largest absolute Gasteiger partial charge is 0.477 e. The molecule has 2 amide bonds. The Hall–Kier alpha value is -2.90. The molecule has 2 saturated carbocycles. The molecular formula is C24H31N5O3.